The molecule has 518 valence electrons. The summed E-state index contributed by atoms with van der Waals surface area (Å²) in [6.07, 6.45) is 9.58. The van der Waals surface area contributed by atoms with E-state index in [2.05, 4.69) is 36.2 Å². The Balaban J connectivity index is 0.000000190. The second kappa shape index (κ2) is 37.1. The smallest absolute Gasteiger partial charge is 0.417 e. The highest BCUT2D eigenvalue weighted by molar-refractivity contribution is 5.92. The van der Waals surface area contributed by atoms with E-state index in [1.54, 1.807) is 116 Å². The van der Waals surface area contributed by atoms with Crippen molar-refractivity contribution < 1.29 is 51.4 Å². The average Bonchev–Trinajstić information content (AvgIpc) is 0.850. The number of para-hydroxylation sites is 1. The van der Waals surface area contributed by atoms with Crippen molar-refractivity contribution in [1.82, 2.24) is 40.7 Å². The molecule has 3 atom stereocenters. The molecule has 6 N–H and O–H groups in total. The third-order valence-electron chi connectivity index (χ3n) is 15.2. The maximum atomic E-state index is 13.4. The van der Waals surface area contributed by atoms with E-state index in [9.17, 15) is 37.1 Å². The average molecular weight is 1350 g/mol. The lowest BCUT2D eigenvalue weighted by Gasteiger charge is -2.30. The number of anilines is 1. The number of hydrogen-bond donors (Lipinski definition) is 5. The zero-order valence-electron chi connectivity index (χ0n) is 57.3. The maximum Gasteiger partial charge on any atom is 0.417 e. The Bertz CT molecular complexity index is 4240. The van der Waals surface area contributed by atoms with E-state index in [1.165, 1.54) is 36.4 Å². The van der Waals surface area contributed by atoms with E-state index in [1.807, 2.05) is 133 Å². The van der Waals surface area contributed by atoms with Gasteiger partial charge in [-0.25, -0.2) is 27.6 Å². The molecule has 18 nitrogen and oxygen atoms in total. The minimum Gasteiger partial charge on any atom is -0.444 e. The number of ether oxygens (including phenoxy) is 3. The number of nitrogens with two attached hydrogens (primary N) is 1. The Morgan fingerprint density at radius 3 is 1.32 bits per heavy atom. The fourth-order valence-electron chi connectivity index (χ4n) is 10.2. The predicted octanol–water partition coefficient (Wildman–Crippen LogP) is 15.3. The first kappa shape index (κ1) is 75.6. The van der Waals surface area contributed by atoms with Crippen LogP contribution in [0, 0.1) is 17.5 Å². The number of halogens is 3. The number of rotatable bonds is 20. The van der Waals surface area contributed by atoms with Crippen LogP contribution in [0.2, 0.25) is 0 Å². The molecule has 0 fully saturated rings. The fraction of sp³-hybridized carbons (Fsp3) is 0.282. The minimum atomic E-state index is -0.605. The molecule has 10 rings (SSSR count). The van der Waals surface area contributed by atoms with Gasteiger partial charge < -0.3 is 45.7 Å². The third-order valence-corrected chi connectivity index (χ3v) is 15.2. The number of aromatic nitrogens is 3. The Morgan fingerprint density at radius 1 is 0.465 bits per heavy atom. The molecule has 3 heterocycles. The van der Waals surface area contributed by atoms with Crippen LogP contribution in [0.25, 0.3) is 32.3 Å². The highest BCUT2D eigenvalue weighted by Crippen LogP contribution is 2.26. The molecule has 3 aromatic heterocycles. The summed E-state index contributed by atoms with van der Waals surface area (Å²) in [6.45, 7) is 19.1. The second-order valence-electron chi connectivity index (χ2n) is 25.2. The molecule has 0 saturated carbocycles. The summed E-state index contributed by atoms with van der Waals surface area (Å²) in [5, 5.41) is 17.5. The zero-order valence-corrected chi connectivity index (χ0v) is 57.3. The molecule has 0 saturated heterocycles. The van der Waals surface area contributed by atoms with Crippen molar-refractivity contribution in [3.05, 3.63) is 258 Å². The van der Waals surface area contributed by atoms with Gasteiger partial charge in [0.1, 0.15) is 34.4 Å². The Morgan fingerprint density at radius 2 is 0.879 bits per heavy atom. The molecule has 7 aromatic carbocycles. The van der Waals surface area contributed by atoms with Crippen LogP contribution >= 0.6 is 0 Å². The van der Waals surface area contributed by atoms with Gasteiger partial charge in [-0.2, -0.15) is 0 Å². The first-order chi connectivity index (χ1) is 47.3. The summed E-state index contributed by atoms with van der Waals surface area (Å²) in [5.74, 6) is -0.446. The molecule has 0 radical (unpaired) electrons. The highest BCUT2D eigenvalue weighted by atomic mass is 19.1. The SMILES string of the molecule is CC(NCCNC(=O)OC(C)(C)C)c1ccc(F)cc1.CC(c1ccc(F)cc1)N(CCN)C(=O)Cc1ccc2cnccc2c1.CC(c1ccc(F)cc1)N(CCNC(=O)OC(C)(C)C)C(=O)Cc1ccc2cnccc2c1.O=C(Nc1ccc2cnccc2c1)Oc1ccccc1. The summed E-state index contributed by atoms with van der Waals surface area (Å²) in [6, 6.07) is 50.4. The van der Waals surface area contributed by atoms with Gasteiger partial charge in [-0.05, 0) is 185 Å². The van der Waals surface area contributed by atoms with E-state index < -0.39 is 29.5 Å². The predicted molar refractivity (Wildman–Crippen MR) is 382 cm³/mol. The third kappa shape index (κ3) is 25.6. The number of amides is 5. The van der Waals surface area contributed by atoms with E-state index in [0.717, 1.165) is 60.1 Å². The minimum absolute atomic E-state index is 0.000631. The lowest BCUT2D eigenvalue weighted by atomic mass is 10.0. The quantitative estimate of drug-likeness (QED) is 0.0448. The number of benzene rings is 7. The highest BCUT2D eigenvalue weighted by Gasteiger charge is 2.25. The van der Waals surface area contributed by atoms with Crippen molar-refractivity contribution >= 4 is 68.1 Å². The second-order valence-corrected chi connectivity index (χ2v) is 25.2. The number of fused-ring (bicyclic) bond motifs is 3. The Labute approximate surface area is 576 Å². The van der Waals surface area contributed by atoms with Crippen molar-refractivity contribution in [3.63, 3.8) is 0 Å². The van der Waals surface area contributed by atoms with E-state index in [-0.39, 0.29) is 66.9 Å². The number of alkyl carbamates (subject to hydrolysis) is 2. The van der Waals surface area contributed by atoms with Crippen molar-refractivity contribution in [2.24, 2.45) is 5.73 Å². The topological polar surface area (TPSA) is 232 Å². The summed E-state index contributed by atoms with van der Waals surface area (Å²) in [4.78, 5) is 77.2. The normalized spacial score (nSPS) is 11.9. The zero-order chi connectivity index (χ0) is 71.5. The van der Waals surface area contributed by atoms with Crippen LogP contribution in [0.5, 0.6) is 5.75 Å². The van der Waals surface area contributed by atoms with Gasteiger partial charge in [-0.1, -0.05) is 97.1 Å². The first-order valence-electron chi connectivity index (χ1n) is 32.5. The van der Waals surface area contributed by atoms with Crippen molar-refractivity contribution in [2.75, 3.05) is 44.6 Å². The molecule has 0 bridgehead atoms. The van der Waals surface area contributed by atoms with Crippen LogP contribution in [-0.2, 0) is 31.9 Å². The monoisotopic (exact) mass is 1350 g/mol. The number of pyridine rings is 3. The fourth-order valence-corrected chi connectivity index (χ4v) is 10.2. The van der Waals surface area contributed by atoms with Crippen LogP contribution in [0.3, 0.4) is 0 Å². The largest absolute Gasteiger partial charge is 0.444 e. The van der Waals surface area contributed by atoms with Gasteiger partial charge >= 0.3 is 18.3 Å². The van der Waals surface area contributed by atoms with Crippen LogP contribution in [0.1, 0.15) is 108 Å². The van der Waals surface area contributed by atoms with Crippen LogP contribution in [0.15, 0.2) is 213 Å². The van der Waals surface area contributed by atoms with Crippen molar-refractivity contribution in [3.8, 4) is 5.75 Å². The number of carbonyl (C=O) groups is 5. The summed E-state index contributed by atoms with van der Waals surface area (Å²) in [5.41, 5.74) is 9.84. The molecule has 0 aliphatic rings. The van der Waals surface area contributed by atoms with E-state index in [0.29, 0.717) is 44.0 Å². The molecular formula is C78H87F3N10O8. The summed E-state index contributed by atoms with van der Waals surface area (Å²) < 4.78 is 54.9. The number of nitrogens with one attached hydrogen (secondary N) is 4. The van der Waals surface area contributed by atoms with Gasteiger partial charge in [-0.15, -0.1) is 0 Å². The van der Waals surface area contributed by atoms with Crippen molar-refractivity contribution in [2.45, 2.75) is 104 Å². The molecule has 5 amide bonds. The lowest BCUT2D eigenvalue weighted by Crippen LogP contribution is -2.42. The van der Waals surface area contributed by atoms with E-state index in [4.69, 9.17) is 19.9 Å². The molecule has 21 heteroatoms. The summed E-state index contributed by atoms with van der Waals surface area (Å²) >= 11 is 0. The molecule has 0 spiro atoms. The molecule has 3 unspecified atom stereocenters. The Hall–Kier alpha value is -10.8. The number of nitrogens with zero attached hydrogens (tertiary/aromatic N) is 5. The van der Waals surface area contributed by atoms with Crippen LogP contribution < -0.4 is 31.7 Å². The van der Waals surface area contributed by atoms with Crippen LogP contribution in [0.4, 0.5) is 33.2 Å². The van der Waals surface area contributed by atoms with Gasteiger partial charge in [0.05, 0.1) is 24.9 Å². The molecule has 99 heavy (non-hydrogen) atoms. The molecular weight excluding hydrogens is 1260 g/mol. The number of hydrogen-bond acceptors (Lipinski definition) is 13. The van der Waals surface area contributed by atoms with Gasteiger partial charge in [0.25, 0.3) is 0 Å². The number of carbonyl (C=O) groups excluding carboxylic acids is 5. The lowest BCUT2D eigenvalue weighted by molar-refractivity contribution is -0.133. The maximum absolute atomic E-state index is 13.4. The first-order valence-corrected chi connectivity index (χ1v) is 32.5. The Kier molecular flexibility index (Phi) is 28.3. The van der Waals surface area contributed by atoms with Crippen LogP contribution in [-0.4, -0.2) is 105 Å². The van der Waals surface area contributed by atoms with Crippen molar-refractivity contribution in [1.29, 1.82) is 0 Å². The van der Waals surface area contributed by atoms with Gasteiger partial charge in [0.2, 0.25) is 11.8 Å². The van der Waals surface area contributed by atoms with E-state index >= 15 is 0 Å². The standard InChI is InChI=1S/C26H30FN3O3.C21H22FN3O.C16H12N2O2.C15H23FN2O2/c1-18(20-7-9-23(27)10-8-20)30(14-13-29-25(32)33-26(2,3)4)24(31)16-19-5-6-22-17-28-12-11-21(22)15-19;1-15(17-4-6-20(22)7-5-17)25(11-9-23)21(26)13-16-2-3-19-14-24-10-8-18(19)12-16;19-16(20-15-4-2-1-3-5-15)18-14-7-6-13-11-17-9-8-12(13)10-14;1-11(12-5-7-13(16)8-6-12)17-9-10-18-14(19)20-15(2,3)4/h5-12,15,17-18H,13-14,16H2,1-4H3,(H,29,32);2-8,10,12,14-15H,9,11,13,23H2,1H3;1-11H,(H,18,19);5-8,11,17H,9-10H2,1-4H3,(H,18,19). The van der Waals surface area contributed by atoms with Gasteiger partial charge in [-0.3, -0.25) is 29.9 Å². The summed E-state index contributed by atoms with van der Waals surface area (Å²) in [7, 11) is 0. The molecule has 0 aliphatic carbocycles. The molecule has 0 aliphatic heterocycles. The molecule has 10 aromatic rings. The van der Waals surface area contributed by atoms with Gasteiger partial charge in [0, 0.05) is 104 Å². The van der Waals surface area contributed by atoms with Gasteiger partial charge in [0.15, 0.2) is 0 Å².